The van der Waals surface area contributed by atoms with Gasteiger partial charge in [0.15, 0.2) is 0 Å². The van der Waals surface area contributed by atoms with E-state index in [9.17, 15) is 9.18 Å². The zero-order valence-corrected chi connectivity index (χ0v) is 15.0. The number of aryl methyl sites for hydroxylation is 2. The van der Waals surface area contributed by atoms with Gasteiger partial charge in [-0.05, 0) is 60.9 Å². The Morgan fingerprint density at radius 2 is 1.89 bits per heavy atom. The van der Waals surface area contributed by atoms with E-state index in [0.29, 0.717) is 17.7 Å². The van der Waals surface area contributed by atoms with Crippen LogP contribution >= 0.6 is 0 Å². The van der Waals surface area contributed by atoms with Crippen LogP contribution in [0.15, 0.2) is 60.8 Å². The van der Waals surface area contributed by atoms with Crippen molar-refractivity contribution < 1.29 is 19.0 Å². The molecule has 0 amide bonds. The van der Waals surface area contributed by atoms with E-state index in [1.54, 1.807) is 24.4 Å². The highest BCUT2D eigenvalue weighted by Gasteiger charge is 2.09. The minimum atomic E-state index is -0.821. The summed E-state index contributed by atoms with van der Waals surface area (Å²) in [6.45, 7) is 2.17. The molecule has 0 saturated carbocycles. The summed E-state index contributed by atoms with van der Waals surface area (Å²) in [4.78, 5) is 15.0. The Labute approximate surface area is 157 Å². The van der Waals surface area contributed by atoms with E-state index in [1.165, 1.54) is 12.1 Å². The van der Waals surface area contributed by atoms with Gasteiger partial charge >= 0.3 is 5.97 Å². The number of nitrogens with zero attached hydrogens (tertiary/aromatic N) is 1. The minimum Gasteiger partial charge on any atom is -0.489 e. The van der Waals surface area contributed by atoms with Crippen LogP contribution in [0.2, 0.25) is 0 Å². The van der Waals surface area contributed by atoms with Gasteiger partial charge in [0.1, 0.15) is 18.2 Å². The molecule has 3 aromatic rings. The first kappa shape index (κ1) is 18.6. The van der Waals surface area contributed by atoms with Gasteiger partial charge in [-0.25, -0.2) is 4.39 Å². The molecule has 1 N–H and O–H groups in total. The van der Waals surface area contributed by atoms with Crippen LogP contribution in [0, 0.1) is 12.7 Å². The average Bonchev–Trinajstić information content (AvgIpc) is 2.66. The predicted octanol–water partition coefficient (Wildman–Crippen LogP) is 4.79. The summed E-state index contributed by atoms with van der Waals surface area (Å²) < 4.78 is 19.5. The number of carboxylic acid groups (broad SMARTS) is 1. The molecule has 0 aliphatic heterocycles. The van der Waals surface area contributed by atoms with Crippen molar-refractivity contribution in [3.63, 3.8) is 0 Å². The Bertz CT molecular complexity index is 921. The van der Waals surface area contributed by atoms with Crippen LogP contribution in [0.3, 0.4) is 0 Å². The lowest BCUT2D eigenvalue weighted by Crippen LogP contribution is -2.00. The molecule has 0 fully saturated rings. The quantitative estimate of drug-likeness (QED) is 0.654. The highest BCUT2D eigenvalue weighted by atomic mass is 19.1. The van der Waals surface area contributed by atoms with E-state index in [0.717, 1.165) is 22.4 Å². The predicted molar refractivity (Wildman–Crippen MR) is 101 cm³/mol. The number of benzene rings is 2. The first-order valence-corrected chi connectivity index (χ1v) is 8.66. The first-order valence-electron chi connectivity index (χ1n) is 8.66. The smallest absolute Gasteiger partial charge is 0.303 e. The van der Waals surface area contributed by atoms with E-state index in [1.807, 2.05) is 31.2 Å². The topological polar surface area (TPSA) is 59.4 Å². The maximum absolute atomic E-state index is 13.7. The van der Waals surface area contributed by atoms with Gasteiger partial charge in [0.2, 0.25) is 0 Å². The maximum Gasteiger partial charge on any atom is 0.303 e. The Balaban J connectivity index is 1.73. The molecule has 0 spiro atoms. The number of aromatic nitrogens is 1. The molecule has 4 nitrogen and oxygen atoms in total. The van der Waals surface area contributed by atoms with Crippen LogP contribution in [-0.2, 0) is 17.8 Å². The second kappa shape index (κ2) is 8.45. The number of halogens is 1. The minimum absolute atomic E-state index is 0.0937. The Morgan fingerprint density at radius 3 is 2.56 bits per heavy atom. The van der Waals surface area contributed by atoms with Gasteiger partial charge in [0, 0.05) is 23.7 Å². The van der Waals surface area contributed by atoms with Crippen molar-refractivity contribution in [1.29, 1.82) is 0 Å². The number of hydrogen-bond acceptors (Lipinski definition) is 3. The van der Waals surface area contributed by atoms with Crippen molar-refractivity contribution in [1.82, 2.24) is 4.98 Å². The van der Waals surface area contributed by atoms with Crippen molar-refractivity contribution in [2.45, 2.75) is 26.4 Å². The van der Waals surface area contributed by atoms with Crippen molar-refractivity contribution in [3.05, 3.63) is 83.3 Å². The van der Waals surface area contributed by atoms with E-state index >= 15 is 0 Å². The van der Waals surface area contributed by atoms with Gasteiger partial charge in [-0.2, -0.15) is 0 Å². The number of carboxylic acids is 1. The number of pyridine rings is 1. The average molecular weight is 365 g/mol. The number of carbonyl (C=O) groups is 1. The molecule has 2 aromatic carbocycles. The summed E-state index contributed by atoms with van der Waals surface area (Å²) in [5, 5.41) is 8.74. The molecule has 27 heavy (non-hydrogen) atoms. The molecule has 3 rings (SSSR count). The van der Waals surface area contributed by atoms with Crippen LogP contribution in [-0.4, -0.2) is 16.1 Å². The highest BCUT2D eigenvalue weighted by molar-refractivity contribution is 5.67. The summed E-state index contributed by atoms with van der Waals surface area (Å²) in [5.74, 6) is -0.506. The largest absolute Gasteiger partial charge is 0.489 e. The molecule has 0 aliphatic rings. The molecule has 0 radical (unpaired) electrons. The van der Waals surface area contributed by atoms with E-state index in [-0.39, 0.29) is 18.8 Å². The molecule has 0 atom stereocenters. The van der Waals surface area contributed by atoms with Gasteiger partial charge in [-0.3, -0.25) is 9.78 Å². The molecule has 1 aromatic heterocycles. The molecule has 0 aliphatic carbocycles. The number of rotatable bonds is 7. The van der Waals surface area contributed by atoms with Crippen LogP contribution < -0.4 is 4.74 Å². The molecule has 5 heteroatoms. The highest BCUT2D eigenvalue weighted by Crippen LogP contribution is 2.25. The fourth-order valence-electron chi connectivity index (χ4n) is 2.72. The number of ether oxygens (including phenoxy) is 1. The van der Waals surface area contributed by atoms with Crippen LogP contribution in [0.25, 0.3) is 11.3 Å². The van der Waals surface area contributed by atoms with Crippen molar-refractivity contribution >= 4 is 5.97 Å². The van der Waals surface area contributed by atoms with Gasteiger partial charge < -0.3 is 9.84 Å². The SMILES string of the molecule is Cc1ccc(-c2ccc(F)cc2COc2ccc(CCC(=O)O)cc2)nc1. The Kier molecular flexibility index (Phi) is 5.81. The van der Waals surface area contributed by atoms with E-state index in [4.69, 9.17) is 9.84 Å². The number of aliphatic carboxylic acids is 1. The summed E-state index contributed by atoms with van der Waals surface area (Å²) in [7, 11) is 0. The number of hydrogen-bond donors (Lipinski definition) is 1. The molecule has 1 heterocycles. The third kappa shape index (κ3) is 5.14. The standard InChI is InChI=1S/C22H20FNO3/c1-15-2-10-21(24-13-15)20-9-6-18(23)12-17(20)14-27-19-7-3-16(4-8-19)5-11-22(25)26/h2-4,6-10,12-13H,5,11,14H2,1H3,(H,25,26). The van der Waals surface area contributed by atoms with Crippen molar-refractivity contribution in [3.8, 4) is 17.0 Å². The van der Waals surface area contributed by atoms with Crippen molar-refractivity contribution in [2.24, 2.45) is 0 Å². The van der Waals surface area contributed by atoms with Gasteiger partial charge in [-0.1, -0.05) is 18.2 Å². The Morgan fingerprint density at radius 1 is 1.11 bits per heavy atom. The zero-order chi connectivity index (χ0) is 19.2. The molecular formula is C22H20FNO3. The molecule has 0 bridgehead atoms. The van der Waals surface area contributed by atoms with Crippen LogP contribution in [0.5, 0.6) is 5.75 Å². The lowest BCUT2D eigenvalue weighted by Gasteiger charge is -2.12. The summed E-state index contributed by atoms with van der Waals surface area (Å²) >= 11 is 0. The molecule has 0 unspecified atom stereocenters. The lowest BCUT2D eigenvalue weighted by molar-refractivity contribution is -0.136. The fourth-order valence-corrected chi connectivity index (χ4v) is 2.72. The summed E-state index contributed by atoms with van der Waals surface area (Å²) in [6.07, 6.45) is 2.35. The molecular weight excluding hydrogens is 345 g/mol. The monoisotopic (exact) mass is 365 g/mol. The van der Waals surface area contributed by atoms with Crippen LogP contribution in [0.4, 0.5) is 4.39 Å². The second-order valence-corrected chi connectivity index (χ2v) is 6.35. The zero-order valence-electron chi connectivity index (χ0n) is 15.0. The van der Waals surface area contributed by atoms with Crippen LogP contribution in [0.1, 0.15) is 23.1 Å². The third-order valence-corrected chi connectivity index (χ3v) is 4.20. The van der Waals surface area contributed by atoms with Gasteiger partial charge in [-0.15, -0.1) is 0 Å². The first-order chi connectivity index (χ1) is 13.0. The third-order valence-electron chi connectivity index (χ3n) is 4.20. The molecule has 0 saturated heterocycles. The van der Waals surface area contributed by atoms with E-state index in [2.05, 4.69) is 4.98 Å². The fraction of sp³-hybridized carbons (Fsp3) is 0.182. The van der Waals surface area contributed by atoms with Gasteiger partial charge in [0.05, 0.1) is 5.69 Å². The summed E-state index contributed by atoms with van der Waals surface area (Å²) in [6, 6.07) is 15.7. The van der Waals surface area contributed by atoms with Crippen molar-refractivity contribution in [2.75, 3.05) is 0 Å². The summed E-state index contributed by atoms with van der Waals surface area (Å²) in [5.41, 5.74) is 4.29. The molecule has 138 valence electrons. The Hall–Kier alpha value is -3.21. The lowest BCUT2D eigenvalue weighted by atomic mass is 10.0. The van der Waals surface area contributed by atoms with Gasteiger partial charge in [0.25, 0.3) is 0 Å². The maximum atomic E-state index is 13.7. The van der Waals surface area contributed by atoms with E-state index < -0.39 is 5.97 Å². The normalized spacial score (nSPS) is 10.6. The second-order valence-electron chi connectivity index (χ2n) is 6.35.